The van der Waals surface area contributed by atoms with Crippen molar-refractivity contribution in [3.8, 4) is 5.75 Å². The highest BCUT2D eigenvalue weighted by atomic mass is 16.7. The van der Waals surface area contributed by atoms with E-state index < -0.39 is 7.12 Å². The molecular formula is C18H27BO3. The summed E-state index contributed by atoms with van der Waals surface area (Å²) in [6, 6.07) is 4.18. The molecule has 0 saturated carbocycles. The van der Waals surface area contributed by atoms with E-state index in [1.54, 1.807) is 0 Å². The van der Waals surface area contributed by atoms with Crippen molar-refractivity contribution in [1.82, 2.24) is 0 Å². The summed E-state index contributed by atoms with van der Waals surface area (Å²) >= 11 is 0. The largest absolute Gasteiger partial charge is 0.498 e. The average Bonchev–Trinajstić information content (AvgIpc) is 2.62. The molecule has 1 fully saturated rings. The van der Waals surface area contributed by atoms with E-state index in [1.165, 1.54) is 11.1 Å². The molecule has 0 N–H and O–H groups in total. The van der Waals surface area contributed by atoms with Gasteiger partial charge in [0, 0.05) is 5.46 Å². The van der Waals surface area contributed by atoms with Crippen LogP contribution in [0.25, 0.3) is 0 Å². The highest BCUT2D eigenvalue weighted by molar-refractivity contribution is 6.63. The zero-order valence-electron chi connectivity index (χ0n) is 14.7. The van der Waals surface area contributed by atoms with Gasteiger partial charge in [-0.3, -0.25) is 0 Å². The Labute approximate surface area is 134 Å². The number of ether oxygens (including phenoxy) is 1. The minimum absolute atomic E-state index is 0.352. The minimum atomic E-state index is -0.400. The van der Waals surface area contributed by atoms with Gasteiger partial charge in [0.05, 0.1) is 17.8 Å². The number of hydrogen-bond acceptors (Lipinski definition) is 3. The zero-order valence-corrected chi connectivity index (χ0v) is 14.7. The first-order valence-corrected chi connectivity index (χ1v) is 7.88. The Morgan fingerprint density at radius 2 is 1.64 bits per heavy atom. The Hall–Kier alpha value is -1.26. The van der Waals surface area contributed by atoms with Crippen molar-refractivity contribution in [3.63, 3.8) is 0 Å². The first-order valence-electron chi connectivity index (χ1n) is 7.88. The van der Waals surface area contributed by atoms with Crippen LogP contribution in [0.4, 0.5) is 0 Å². The SMILES string of the molecule is C=CCCOc1cc(C)c(C)cc1B1OC(C)(C)C(C)(C)O1. The molecule has 1 saturated heterocycles. The van der Waals surface area contributed by atoms with Crippen LogP contribution in [0.15, 0.2) is 24.8 Å². The van der Waals surface area contributed by atoms with E-state index in [0.29, 0.717) is 6.61 Å². The second-order valence-electron chi connectivity index (χ2n) is 6.99. The standard InChI is InChI=1S/C18H27BO3/c1-8-9-10-20-16-12-14(3)13(2)11-15(16)19-21-17(4,5)18(6,7)22-19/h8,11-12H,1,9-10H2,2-7H3. The van der Waals surface area contributed by atoms with E-state index in [2.05, 4.69) is 60.3 Å². The van der Waals surface area contributed by atoms with Crippen LogP contribution in [0.2, 0.25) is 0 Å². The highest BCUT2D eigenvalue weighted by Crippen LogP contribution is 2.37. The second kappa shape index (κ2) is 6.09. The maximum Gasteiger partial charge on any atom is 0.498 e. The number of benzene rings is 1. The second-order valence-corrected chi connectivity index (χ2v) is 6.99. The first-order chi connectivity index (χ1) is 10.2. The smallest absolute Gasteiger partial charge is 0.494 e. The fourth-order valence-corrected chi connectivity index (χ4v) is 2.34. The van der Waals surface area contributed by atoms with Gasteiger partial charge in [0.1, 0.15) is 5.75 Å². The predicted molar refractivity (Wildman–Crippen MR) is 91.9 cm³/mol. The van der Waals surface area contributed by atoms with Crippen LogP contribution < -0.4 is 10.2 Å². The van der Waals surface area contributed by atoms with E-state index >= 15 is 0 Å². The quantitative estimate of drug-likeness (QED) is 0.473. The molecule has 120 valence electrons. The van der Waals surface area contributed by atoms with Gasteiger partial charge in [0.25, 0.3) is 0 Å². The monoisotopic (exact) mass is 302 g/mol. The van der Waals surface area contributed by atoms with Crippen LogP contribution in [-0.2, 0) is 9.31 Å². The van der Waals surface area contributed by atoms with Crippen molar-refractivity contribution in [2.45, 2.75) is 59.2 Å². The molecule has 0 aromatic heterocycles. The molecule has 0 aliphatic carbocycles. The Kier molecular flexibility index (Phi) is 4.74. The lowest BCUT2D eigenvalue weighted by molar-refractivity contribution is 0.00578. The Balaban J connectivity index is 2.33. The number of rotatable bonds is 5. The van der Waals surface area contributed by atoms with Crippen LogP contribution in [0, 0.1) is 13.8 Å². The molecule has 1 aromatic carbocycles. The third-order valence-corrected chi connectivity index (χ3v) is 4.71. The summed E-state index contributed by atoms with van der Waals surface area (Å²) in [5.74, 6) is 0.837. The van der Waals surface area contributed by atoms with Gasteiger partial charge in [0.2, 0.25) is 0 Å². The minimum Gasteiger partial charge on any atom is -0.494 e. The van der Waals surface area contributed by atoms with Crippen LogP contribution in [0.5, 0.6) is 5.75 Å². The van der Waals surface area contributed by atoms with E-state index in [0.717, 1.165) is 17.6 Å². The summed E-state index contributed by atoms with van der Waals surface area (Å²) in [5, 5.41) is 0. The summed E-state index contributed by atoms with van der Waals surface area (Å²) in [4.78, 5) is 0. The molecule has 1 aromatic rings. The molecule has 0 spiro atoms. The topological polar surface area (TPSA) is 27.7 Å². The van der Waals surface area contributed by atoms with Crippen LogP contribution in [-0.4, -0.2) is 24.9 Å². The van der Waals surface area contributed by atoms with Crippen molar-refractivity contribution in [3.05, 3.63) is 35.9 Å². The Morgan fingerprint density at radius 3 is 2.18 bits per heavy atom. The number of aryl methyl sites for hydroxylation is 2. The van der Waals surface area contributed by atoms with E-state index in [-0.39, 0.29) is 11.2 Å². The normalized spacial score (nSPS) is 19.3. The molecule has 1 aliphatic rings. The molecule has 2 rings (SSSR count). The maximum absolute atomic E-state index is 6.17. The maximum atomic E-state index is 6.17. The molecule has 0 radical (unpaired) electrons. The summed E-state index contributed by atoms with van der Waals surface area (Å²) in [6.07, 6.45) is 2.67. The average molecular weight is 302 g/mol. The van der Waals surface area contributed by atoms with Crippen molar-refractivity contribution in [2.24, 2.45) is 0 Å². The van der Waals surface area contributed by atoms with Crippen molar-refractivity contribution < 1.29 is 14.0 Å². The molecule has 0 bridgehead atoms. The fourth-order valence-electron chi connectivity index (χ4n) is 2.34. The van der Waals surface area contributed by atoms with Crippen LogP contribution in [0.1, 0.15) is 45.2 Å². The third kappa shape index (κ3) is 3.23. The van der Waals surface area contributed by atoms with Crippen LogP contribution in [0.3, 0.4) is 0 Å². The van der Waals surface area contributed by atoms with Crippen molar-refractivity contribution in [1.29, 1.82) is 0 Å². The predicted octanol–water partition coefficient (Wildman–Crippen LogP) is 3.56. The molecule has 0 unspecified atom stereocenters. The summed E-state index contributed by atoms with van der Waals surface area (Å²) < 4.78 is 18.3. The lowest BCUT2D eigenvalue weighted by Crippen LogP contribution is -2.41. The molecule has 1 heterocycles. The van der Waals surface area contributed by atoms with E-state index in [4.69, 9.17) is 14.0 Å². The fraction of sp³-hybridized carbons (Fsp3) is 0.556. The third-order valence-electron chi connectivity index (χ3n) is 4.71. The summed E-state index contributed by atoms with van der Waals surface area (Å²) in [5.41, 5.74) is 2.67. The lowest BCUT2D eigenvalue weighted by atomic mass is 9.77. The van der Waals surface area contributed by atoms with Gasteiger partial charge in [-0.15, -0.1) is 6.58 Å². The van der Waals surface area contributed by atoms with Gasteiger partial charge in [-0.1, -0.05) is 12.1 Å². The zero-order chi connectivity index (χ0) is 16.5. The van der Waals surface area contributed by atoms with Gasteiger partial charge < -0.3 is 14.0 Å². The Morgan fingerprint density at radius 1 is 1.09 bits per heavy atom. The van der Waals surface area contributed by atoms with Crippen LogP contribution >= 0.6 is 0 Å². The van der Waals surface area contributed by atoms with Gasteiger partial charge >= 0.3 is 7.12 Å². The molecule has 0 atom stereocenters. The highest BCUT2D eigenvalue weighted by Gasteiger charge is 2.52. The molecule has 0 amide bonds. The van der Waals surface area contributed by atoms with Gasteiger partial charge in [-0.2, -0.15) is 0 Å². The molecule has 3 nitrogen and oxygen atoms in total. The Bertz CT molecular complexity index is 548. The summed E-state index contributed by atoms with van der Waals surface area (Å²) in [6.45, 7) is 16.8. The van der Waals surface area contributed by atoms with Crippen molar-refractivity contribution >= 4 is 12.6 Å². The molecule has 4 heteroatoms. The van der Waals surface area contributed by atoms with E-state index in [9.17, 15) is 0 Å². The van der Waals surface area contributed by atoms with Gasteiger partial charge in [-0.25, -0.2) is 0 Å². The van der Waals surface area contributed by atoms with Crippen molar-refractivity contribution in [2.75, 3.05) is 6.61 Å². The molecular weight excluding hydrogens is 275 g/mol. The molecule has 1 aliphatic heterocycles. The van der Waals surface area contributed by atoms with Gasteiger partial charge in [-0.05, 0) is 65.2 Å². The summed E-state index contributed by atoms with van der Waals surface area (Å²) in [7, 11) is -0.400. The first kappa shape index (κ1) is 17.1. The van der Waals surface area contributed by atoms with E-state index in [1.807, 2.05) is 6.08 Å². The van der Waals surface area contributed by atoms with Gasteiger partial charge in [0.15, 0.2) is 0 Å². The lowest BCUT2D eigenvalue weighted by Gasteiger charge is -2.32. The molecule has 22 heavy (non-hydrogen) atoms. The number of hydrogen-bond donors (Lipinski definition) is 0.